The summed E-state index contributed by atoms with van der Waals surface area (Å²) in [7, 11) is 0. The van der Waals surface area contributed by atoms with Gasteiger partial charge < -0.3 is 24.4 Å². The summed E-state index contributed by atoms with van der Waals surface area (Å²) in [4.78, 5) is 77.4. The van der Waals surface area contributed by atoms with Gasteiger partial charge in [-0.15, -0.1) is 0 Å². The fourth-order valence-corrected chi connectivity index (χ4v) is 4.49. The van der Waals surface area contributed by atoms with Crippen LogP contribution in [0, 0.1) is 0 Å². The quantitative estimate of drug-likeness (QED) is 0.311. The van der Waals surface area contributed by atoms with Crippen molar-refractivity contribution < 1.29 is 43.3 Å². The van der Waals surface area contributed by atoms with Crippen molar-refractivity contribution in [1.82, 2.24) is 15.1 Å². The van der Waals surface area contributed by atoms with Crippen molar-refractivity contribution in [1.29, 1.82) is 0 Å². The van der Waals surface area contributed by atoms with Crippen LogP contribution in [0.25, 0.3) is 0 Å². The Balaban J connectivity index is 1.35. The fraction of sp³-hybridized carbons (Fsp3) is 0.478. The first-order valence-corrected chi connectivity index (χ1v) is 11.5. The Labute approximate surface area is 205 Å². The lowest BCUT2D eigenvalue weighted by Gasteiger charge is -2.36. The number of anilines is 1. The molecule has 3 heterocycles. The van der Waals surface area contributed by atoms with E-state index >= 15 is 0 Å². The van der Waals surface area contributed by atoms with Crippen molar-refractivity contribution >= 4 is 41.2 Å². The third-order valence-electron chi connectivity index (χ3n) is 6.24. The highest BCUT2D eigenvalue weighted by Gasteiger charge is 2.46. The molecule has 3 aliphatic rings. The van der Waals surface area contributed by atoms with Gasteiger partial charge in [0.15, 0.2) is 0 Å². The zero-order valence-electron chi connectivity index (χ0n) is 19.4. The number of rotatable bonds is 9. The highest BCUT2D eigenvalue weighted by molar-refractivity contribution is 6.25. The molecule has 1 aromatic rings. The van der Waals surface area contributed by atoms with Gasteiger partial charge in [-0.05, 0) is 18.6 Å². The second kappa shape index (κ2) is 10.8. The number of piperazine rings is 1. The molecule has 192 valence electrons. The molecule has 2 fully saturated rings. The van der Waals surface area contributed by atoms with Crippen molar-refractivity contribution in [2.24, 2.45) is 0 Å². The fourth-order valence-electron chi connectivity index (χ4n) is 4.49. The second-order valence-electron chi connectivity index (χ2n) is 8.51. The molecule has 4 rings (SSSR count). The molecule has 0 aliphatic carbocycles. The number of nitrogens with one attached hydrogen (secondary N) is 1. The van der Waals surface area contributed by atoms with Crippen LogP contribution in [0.2, 0.25) is 0 Å². The monoisotopic (exact) mass is 502 g/mol. The maximum atomic E-state index is 13.3. The molecule has 36 heavy (non-hydrogen) atoms. The maximum absolute atomic E-state index is 13.3. The second-order valence-corrected chi connectivity index (χ2v) is 8.51. The number of carboxylic acids is 1. The van der Waals surface area contributed by atoms with E-state index in [1.165, 1.54) is 0 Å². The molecule has 1 unspecified atom stereocenters. The normalized spacial score (nSPS) is 20.0. The van der Waals surface area contributed by atoms with Gasteiger partial charge in [0.05, 0.1) is 30.0 Å². The minimum atomic E-state index is -1.08. The van der Waals surface area contributed by atoms with E-state index < -0.39 is 42.2 Å². The minimum absolute atomic E-state index is 0.0474. The van der Waals surface area contributed by atoms with Gasteiger partial charge in [0.1, 0.15) is 19.3 Å². The number of amides is 5. The van der Waals surface area contributed by atoms with Crippen LogP contribution in [-0.2, 0) is 28.7 Å². The highest BCUT2D eigenvalue weighted by atomic mass is 16.5. The number of piperidine rings is 1. The van der Waals surface area contributed by atoms with Crippen molar-refractivity contribution in [2.75, 3.05) is 57.5 Å². The Morgan fingerprint density at radius 3 is 2.33 bits per heavy atom. The van der Waals surface area contributed by atoms with Gasteiger partial charge in [-0.3, -0.25) is 34.2 Å². The number of benzene rings is 1. The van der Waals surface area contributed by atoms with Gasteiger partial charge in [-0.1, -0.05) is 6.07 Å². The van der Waals surface area contributed by atoms with E-state index in [0.29, 0.717) is 31.9 Å². The molecule has 13 heteroatoms. The van der Waals surface area contributed by atoms with Gasteiger partial charge in [0, 0.05) is 32.6 Å². The zero-order valence-corrected chi connectivity index (χ0v) is 19.4. The molecule has 1 aromatic carbocycles. The van der Waals surface area contributed by atoms with E-state index in [4.69, 9.17) is 14.6 Å². The predicted octanol–water partition coefficient (Wildman–Crippen LogP) is -1.15. The summed E-state index contributed by atoms with van der Waals surface area (Å²) in [5, 5.41) is 10.7. The van der Waals surface area contributed by atoms with Crippen molar-refractivity contribution in [3.63, 3.8) is 0 Å². The predicted molar refractivity (Wildman–Crippen MR) is 121 cm³/mol. The molecule has 1 atom stereocenters. The van der Waals surface area contributed by atoms with Gasteiger partial charge in [0.25, 0.3) is 11.8 Å². The molecule has 0 saturated carbocycles. The molecular weight excluding hydrogens is 476 g/mol. The first-order chi connectivity index (χ1) is 17.3. The first-order valence-electron chi connectivity index (χ1n) is 11.5. The number of nitrogens with zero attached hydrogens (tertiary/aromatic N) is 3. The van der Waals surface area contributed by atoms with E-state index in [-0.39, 0.29) is 49.7 Å². The van der Waals surface area contributed by atoms with E-state index in [1.807, 2.05) is 4.90 Å². The van der Waals surface area contributed by atoms with Gasteiger partial charge in [0.2, 0.25) is 17.7 Å². The lowest BCUT2D eigenvalue weighted by Crippen LogP contribution is -2.54. The van der Waals surface area contributed by atoms with Crippen LogP contribution in [0.1, 0.15) is 33.6 Å². The molecule has 0 bridgehead atoms. The number of hydrogen-bond acceptors (Lipinski definition) is 9. The van der Waals surface area contributed by atoms with Crippen LogP contribution < -0.4 is 10.2 Å². The topological polar surface area (TPSA) is 163 Å². The summed E-state index contributed by atoms with van der Waals surface area (Å²) in [6, 6.07) is 3.91. The van der Waals surface area contributed by atoms with Crippen molar-refractivity contribution in [3.8, 4) is 0 Å². The van der Waals surface area contributed by atoms with Gasteiger partial charge >= 0.3 is 5.97 Å². The van der Waals surface area contributed by atoms with Crippen LogP contribution >= 0.6 is 0 Å². The van der Waals surface area contributed by atoms with E-state index in [0.717, 1.165) is 4.90 Å². The summed E-state index contributed by atoms with van der Waals surface area (Å²) >= 11 is 0. The number of imide groups is 2. The average molecular weight is 502 g/mol. The summed E-state index contributed by atoms with van der Waals surface area (Å²) in [5.41, 5.74) is 0.982. The average Bonchev–Trinajstić information content (AvgIpc) is 3.11. The lowest BCUT2D eigenvalue weighted by molar-refractivity contribution is -0.144. The van der Waals surface area contributed by atoms with Crippen LogP contribution in [0.5, 0.6) is 0 Å². The lowest BCUT2D eigenvalue weighted by atomic mass is 10.0. The number of fused-ring (bicyclic) bond motifs is 1. The Morgan fingerprint density at radius 1 is 0.972 bits per heavy atom. The molecule has 2 saturated heterocycles. The zero-order chi connectivity index (χ0) is 25.8. The molecule has 2 N–H and O–H groups in total. The van der Waals surface area contributed by atoms with Crippen LogP contribution in [0.3, 0.4) is 0 Å². The summed E-state index contributed by atoms with van der Waals surface area (Å²) < 4.78 is 10.1. The van der Waals surface area contributed by atoms with E-state index in [1.54, 1.807) is 23.1 Å². The molecule has 3 aliphatic heterocycles. The largest absolute Gasteiger partial charge is 0.480 e. The number of aliphatic carboxylic acids is 1. The number of carbonyl (C=O) groups excluding carboxylic acids is 5. The standard InChI is InChI=1S/C23H26N4O9/c28-17-5-4-16(21(32)24-17)27-22(33)14-2-1-3-15(20(14)23(27)34)25-6-8-26(9-7-25)18(29)12-35-10-11-36-13-19(30)31/h1-3,16H,4-13H2,(H,30,31)(H,24,28,32). The Bertz CT molecular complexity index is 1100. The minimum Gasteiger partial charge on any atom is -0.480 e. The molecule has 13 nitrogen and oxygen atoms in total. The Kier molecular flexibility index (Phi) is 7.60. The van der Waals surface area contributed by atoms with Crippen molar-refractivity contribution in [3.05, 3.63) is 29.3 Å². The van der Waals surface area contributed by atoms with Gasteiger partial charge in [-0.25, -0.2) is 4.79 Å². The van der Waals surface area contributed by atoms with Crippen molar-refractivity contribution in [2.45, 2.75) is 18.9 Å². The summed E-state index contributed by atoms with van der Waals surface area (Å²) in [6.45, 7) is 1.16. The summed E-state index contributed by atoms with van der Waals surface area (Å²) in [5.74, 6) is -3.53. The summed E-state index contributed by atoms with van der Waals surface area (Å²) in [6.07, 6.45) is 0.131. The number of carboxylic acid groups (broad SMARTS) is 1. The maximum Gasteiger partial charge on any atom is 0.329 e. The molecule has 0 radical (unpaired) electrons. The number of hydrogen-bond donors (Lipinski definition) is 2. The molecular formula is C23H26N4O9. The molecule has 0 spiro atoms. The van der Waals surface area contributed by atoms with Crippen LogP contribution in [0.4, 0.5) is 5.69 Å². The van der Waals surface area contributed by atoms with E-state index in [2.05, 4.69) is 5.32 Å². The van der Waals surface area contributed by atoms with Gasteiger partial charge in [-0.2, -0.15) is 0 Å². The van der Waals surface area contributed by atoms with Crippen LogP contribution in [-0.4, -0.2) is 109 Å². The van der Waals surface area contributed by atoms with E-state index in [9.17, 15) is 28.8 Å². The number of carbonyl (C=O) groups is 6. The Morgan fingerprint density at radius 2 is 1.67 bits per heavy atom. The third kappa shape index (κ3) is 5.21. The Hall–Kier alpha value is -3.84. The highest BCUT2D eigenvalue weighted by Crippen LogP contribution is 2.34. The number of ether oxygens (including phenoxy) is 2. The third-order valence-corrected chi connectivity index (χ3v) is 6.24. The smallest absolute Gasteiger partial charge is 0.329 e. The molecule has 0 aromatic heterocycles. The first kappa shape index (κ1) is 25.3. The SMILES string of the molecule is O=C(O)COCCOCC(=O)N1CCN(c2cccc3c2C(=O)N(C2CCC(=O)NC2=O)C3=O)CC1. The van der Waals surface area contributed by atoms with Crippen LogP contribution in [0.15, 0.2) is 18.2 Å². The molecule has 5 amide bonds.